The lowest BCUT2D eigenvalue weighted by Crippen LogP contribution is -2.39. The third kappa shape index (κ3) is 3.09. The lowest BCUT2D eigenvalue weighted by atomic mass is 10.1. The molecular weight excluding hydrogens is 232 g/mol. The van der Waals surface area contributed by atoms with Crippen molar-refractivity contribution in [2.24, 2.45) is 5.92 Å². The molecule has 4 heteroatoms. The molecule has 1 atom stereocenters. The van der Waals surface area contributed by atoms with E-state index in [1.165, 1.54) is 5.56 Å². The quantitative estimate of drug-likeness (QED) is 0.806. The Hall–Kier alpha value is -1.29. The summed E-state index contributed by atoms with van der Waals surface area (Å²) in [5.74, 6) is 1.54. The summed E-state index contributed by atoms with van der Waals surface area (Å²) in [6.07, 6.45) is 0. The molecule has 1 aromatic rings. The first-order chi connectivity index (χ1) is 8.16. The van der Waals surface area contributed by atoms with Gasteiger partial charge in [-0.05, 0) is 24.2 Å². The van der Waals surface area contributed by atoms with Crippen LogP contribution >= 0.6 is 12.2 Å². The van der Waals surface area contributed by atoms with Gasteiger partial charge in [0.2, 0.25) is 0 Å². The van der Waals surface area contributed by atoms with Gasteiger partial charge in [-0.2, -0.15) is 0 Å². The van der Waals surface area contributed by atoms with Crippen LogP contribution in [0, 0.1) is 5.92 Å². The van der Waals surface area contributed by atoms with E-state index in [9.17, 15) is 0 Å². The van der Waals surface area contributed by atoms with E-state index in [2.05, 4.69) is 30.5 Å². The molecule has 0 fully saturated rings. The van der Waals surface area contributed by atoms with E-state index < -0.39 is 0 Å². The smallest absolute Gasteiger partial charge is 0.166 e. The fourth-order valence-electron chi connectivity index (χ4n) is 1.79. The Morgan fingerprint density at radius 2 is 2.24 bits per heavy atom. The number of hydrogen-bond donors (Lipinski definition) is 2. The molecule has 0 aliphatic carbocycles. The van der Waals surface area contributed by atoms with E-state index in [-0.39, 0.29) is 6.04 Å². The molecular formula is C13H18N2OS. The van der Waals surface area contributed by atoms with E-state index in [1.807, 2.05) is 18.2 Å². The van der Waals surface area contributed by atoms with Gasteiger partial charge in [-0.25, -0.2) is 0 Å². The predicted octanol–water partition coefficient (Wildman–Crippen LogP) is 2.24. The van der Waals surface area contributed by atoms with E-state index >= 15 is 0 Å². The van der Waals surface area contributed by atoms with Gasteiger partial charge in [-0.3, -0.25) is 0 Å². The molecule has 1 aliphatic rings. The summed E-state index contributed by atoms with van der Waals surface area (Å²) in [6, 6.07) is 8.23. The maximum atomic E-state index is 5.59. The second kappa shape index (κ2) is 5.36. The zero-order valence-electron chi connectivity index (χ0n) is 10.2. The fourth-order valence-corrected chi connectivity index (χ4v) is 2.01. The second-order valence-electron chi connectivity index (χ2n) is 4.65. The minimum absolute atomic E-state index is 0.165. The Kier molecular flexibility index (Phi) is 3.84. The Morgan fingerprint density at radius 1 is 1.47 bits per heavy atom. The second-order valence-corrected chi connectivity index (χ2v) is 5.06. The highest BCUT2D eigenvalue weighted by Gasteiger charge is 2.23. The summed E-state index contributed by atoms with van der Waals surface area (Å²) in [6.45, 7) is 5.84. The van der Waals surface area contributed by atoms with Gasteiger partial charge in [0.15, 0.2) is 5.11 Å². The Bertz CT molecular complexity index is 406. The van der Waals surface area contributed by atoms with Crippen molar-refractivity contribution in [3.05, 3.63) is 29.8 Å². The standard InChI is InChI=1S/C13H18N2OS/c1-9(2)7-14-13(17)15-11-8-16-12-6-4-3-5-10(11)12/h3-6,9,11H,7-8H2,1-2H3,(H2,14,15,17). The average Bonchev–Trinajstić information content (AvgIpc) is 2.70. The minimum atomic E-state index is 0.165. The molecule has 0 saturated heterocycles. The van der Waals surface area contributed by atoms with E-state index in [0.717, 1.165) is 12.3 Å². The van der Waals surface area contributed by atoms with Crippen molar-refractivity contribution in [1.29, 1.82) is 0 Å². The number of benzene rings is 1. The SMILES string of the molecule is CC(C)CNC(=S)NC1COc2ccccc21. The van der Waals surface area contributed by atoms with Gasteiger partial charge < -0.3 is 15.4 Å². The van der Waals surface area contributed by atoms with Gasteiger partial charge in [0.1, 0.15) is 12.4 Å². The van der Waals surface area contributed by atoms with E-state index in [0.29, 0.717) is 17.6 Å². The zero-order chi connectivity index (χ0) is 12.3. The van der Waals surface area contributed by atoms with Gasteiger partial charge >= 0.3 is 0 Å². The molecule has 1 heterocycles. The van der Waals surface area contributed by atoms with Crippen molar-refractivity contribution < 1.29 is 4.74 Å². The number of hydrogen-bond acceptors (Lipinski definition) is 2. The van der Waals surface area contributed by atoms with Crippen molar-refractivity contribution in [1.82, 2.24) is 10.6 Å². The van der Waals surface area contributed by atoms with Gasteiger partial charge in [0.25, 0.3) is 0 Å². The van der Waals surface area contributed by atoms with E-state index in [1.54, 1.807) is 0 Å². The van der Waals surface area contributed by atoms with Crippen LogP contribution in [0.25, 0.3) is 0 Å². The molecule has 0 radical (unpaired) electrons. The van der Waals surface area contributed by atoms with Crippen molar-refractivity contribution in [3.8, 4) is 5.75 Å². The molecule has 0 saturated carbocycles. The summed E-state index contributed by atoms with van der Waals surface area (Å²) in [5.41, 5.74) is 1.18. The molecule has 2 N–H and O–H groups in total. The van der Waals surface area contributed by atoms with Gasteiger partial charge in [-0.1, -0.05) is 32.0 Å². The summed E-state index contributed by atoms with van der Waals surface area (Å²) < 4.78 is 5.59. The molecule has 0 spiro atoms. The molecule has 1 aromatic carbocycles. The third-order valence-electron chi connectivity index (χ3n) is 2.68. The molecule has 2 rings (SSSR count). The van der Waals surface area contributed by atoms with Crippen LogP contribution in [0.2, 0.25) is 0 Å². The molecule has 92 valence electrons. The largest absolute Gasteiger partial charge is 0.491 e. The van der Waals surface area contributed by atoms with Crippen LogP contribution < -0.4 is 15.4 Å². The average molecular weight is 250 g/mol. The lowest BCUT2D eigenvalue weighted by Gasteiger charge is -2.16. The van der Waals surface area contributed by atoms with Gasteiger partial charge in [-0.15, -0.1) is 0 Å². The van der Waals surface area contributed by atoms with Crippen LogP contribution in [0.5, 0.6) is 5.75 Å². The normalized spacial score (nSPS) is 17.5. The molecule has 1 aliphatic heterocycles. The van der Waals surface area contributed by atoms with Crippen molar-refractivity contribution >= 4 is 17.3 Å². The number of ether oxygens (including phenoxy) is 1. The number of rotatable bonds is 3. The summed E-state index contributed by atoms with van der Waals surface area (Å²) >= 11 is 5.26. The number of fused-ring (bicyclic) bond motifs is 1. The van der Waals surface area contributed by atoms with Crippen LogP contribution in [0.1, 0.15) is 25.5 Å². The van der Waals surface area contributed by atoms with Crippen LogP contribution in [-0.2, 0) is 0 Å². The highest BCUT2D eigenvalue weighted by molar-refractivity contribution is 7.80. The monoisotopic (exact) mass is 250 g/mol. The summed E-state index contributed by atoms with van der Waals surface area (Å²) in [7, 11) is 0. The molecule has 0 amide bonds. The Labute approximate surface area is 108 Å². The van der Waals surface area contributed by atoms with Crippen LogP contribution in [0.4, 0.5) is 0 Å². The molecule has 17 heavy (non-hydrogen) atoms. The van der Waals surface area contributed by atoms with Crippen LogP contribution in [0.15, 0.2) is 24.3 Å². The minimum Gasteiger partial charge on any atom is -0.491 e. The van der Waals surface area contributed by atoms with Gasteiger partial charge in [0.05, 0.1) is 6.04 Å². The van der Waals surface area contributed by atoms with Crippen LogP contribution in [0.3, 0.4) is 0 Å². The van der Waals surface area contributed by atoms with Gasteiger partial charge in [0, 0.05) is 12.1 Å². The first kappa shape index (κ1) is 12.2. The molecule has 1 unspecified atom stereocenters. The number of thiocarbonyl (C=S) groups is 1. The van der Waals surface area contributed by atoms with Crippen molar-refractivity contribution in [2.45, 2.75) is 19.9 Å². The topological polar surface area (TPSA) is 33.3 Å². The Morgan fingerprint density at radius 3 is 3.00 bits per heavy atom. The lowest BCUT2D eigenvalue weighted by molar-refractivity contribution is 0.324. The number of nitrogens with one attached hydrogen (secondary N) is 2. The molecule has 3 nitrogen and oxygen atoms in total. The molecule has 0 aromatic heterocycles. The van der Waals surface area contributed by atoms with Crippen molar-refractivity contribution in [3.63, 3.8) is 0 Å². The highest BCUT2D eigenvalue weighted by atomic mass is 32.1. The summed E-state index contributed by atoms with van der Waals surface area (Å²) in [5, 5.41) is 7.19. The first-order valence-corrected chi connectivity index (χ1v) is 6.33. The Balaban J connectivity index is 1.91. The van der Waals surface area contributed by atoms with Crippen LogP contribution in [-0.4, -0.2) is 18.3 Å². The molecule has 0 bridgehead atoms. The predicted molar refractivity (Wildman–Crippen MR) is 73.3 cm³/mol. The summed E-state index contributed by atoms with van der Waals surface area (Å²) in [4.78, 5) is 0. The number of para-hydroxylation sites is 1. The maximum absolute atomic E-state index is 5.59. The third-order valence-corrected chi connectivity index (χ3v) is 2.94. The zero-order valence-corrected chi connectivity index (χ0v) is 11.0. The fraction of sp³-hybridized carbons (Fsp3) is 0.462. The highest BCUT2D eigenvalue weighted by Crippen LogP contribution is 2.31. The maximum Gasteiger partial charge on any atom is 0.166 e. The van der Waals surface area contributed by atoms with E-state index in [4.69, 9.17) is 17.0 Å². The van der Waals surface area contributed by atoms with Crippen molar-refractivity contribution in [2.75, 3.05) is 13.2 Å². The first-order valence-electron chi connectivity index (χ1n) is 5.93.